The number of amides is 1. The van der Waals surface area contributed by atoms with Gasteiger partial charge in [0.15, 0.2) is 0 Å². The lowest BCUT2D eigenvalue weighted by molar-refractivity contribution is -0.140. The van der Waals surface area contributed by atoms with Gasteiger partial charge in [-0.1, -0.05) is 12.0 Å². The summed E-state index contributed by atoms with van der Waals surface area (Å²) in [5.41, 5.74) is 1.38. The molecule has 1 fully saturated rings. The second kappa shape index (κ2) is 13.8. The number of carboxylic acids is 1. The zero-order valence-electron chi connectivity index (χ0n) is 24.5. The number of carbonyl (C=O) groups excluding carboxylic acids is 1. The fraction of sp³-hybridized carbons (Fsp3) is 0.484. The molecule has 44 heavy (non-hydrogen) atoms. The molecule has 5 rings (SSSR count). The molecule has 2 atom stereocenters. The number of hydrogen-bond acceptors (Lipinski definition) is 6. The second-order valence-electron chi connectivity index (χ2n) is 11.1. The summed E-state index contributed by atoms with van der Waals surface area (Å²) in [7, 11) is 2.07. The molecule has 4 heterocycles. The Kier molecular flexibility index (Phi) is 9.83. The van der Waals surface area contributed by atoms with Crippen LogP contribution in [0.3, 0.4) is 0 Å². The average Bonchev–Trinajstić information content (AvgIpc) is 3.55. The first kappa shape index (κ1) is 31.4. The normalized spacial score (nSPS) is 21.1. The Morgan fingerprint density at radius 3 is 2.68 bits per heavy atom. The first-order valence-corrected chi connectivity index (χ1v) is 14.6. The highest BCUT2D eigenvalue weighted by atomic mass is 19.4. The molecule has 2 aromatic heterocycles. The third-order valence-corrected chi connectivity index (χ3v) is 7.97. The number of aromatic nitrogens is 2. The van der Waals surface area contributed by atoms with Crippen LogP contribution in [0.5, 0.6) is 0 Å². The maximum atomic E-state index is 13.7. The number of likely N-dealkylation sites (tertiary alicyclic amines) is 1. The van der Waals surface area contributed by atoms with Crippen LogP contribution in [0.2, 0.25) is 0 Å². The van der Waals surface area contributed by atoms with E-state index < -0.39 is 24.6 Å². The van der Waals surface area contributed by atoms with E-state index in [4.69, 9.17) is 9.47 Å². The summed E-state index contributed by atoms with van der Waals surface area (Å²) >= 11 is 0. The Bertz CT molecular complexity index is 1550. The maximum Gasteiger partial charge on any atom is 0.406 e. The van der Waals surface area contributed by atoms with Crippen molar-refractivity contribution in [2.24, 2.45) is 5.92 Å². The van der Waals surface area contributed by atoms with Crippen LogP contribution < -0.4 is 10.6 Å². The number of carbonyl (C=O) groups is 2. The summed E-state index contributed by atoms with van der Waals surface area (Å²) in [5.74, 6) is 4.08. The Morgan fingerprint density at radius 1 is 1.11 bits per heavy atom. The highest BCUT2D eigenvalue weighted by Gasteiger charge is 2.31. The van der Waals surface area contributed by atoms with Crippen molar-refractivity contribution in [3.8, 4) is 11.8 Å². The number of carboxylic acid groups (broad SMARTS) is 1. The molecular formula is C31H36F3N5O5. The molecule has 13 heteroatoms. The minimum Gasteiger partial charge on any atom is -0.477 e. The van der Waals surface area contributed by atoms with Crippen LogP contribution in [0.1, 0.15) is 39.4 Å². The van der Waals surface area contributed by atoms with E-state index in [9.17, 15) is 27.9 Å². The van der Waals surface area contributed by atoms with Gasteiger partial charge in [-0.15, -0.1) is 0 Å². The summed E-state index contributed by atoms with van der Waals surface area (Å²) in [6.45, 7) is 2.08. The minimum absolute atomic E-state index is 0.0661. The van der Waals surface area contributed by atoms with Gasteiger partial charge >= 0.3 is 12.1 Å². The first-order chi connectivity index (χ1) is 21.1. The van der Waals surface area contributed by atoms with Gasteiger partial charge in [0.05, 0.1) is 43.1 Å². The molecule has 2 aliphatic rings. The number of nitrogens with zero attached hydrogens (tertiary/aromatic N) is 3. The zero-order chi connectivity index (χ0) is 31.3. The SMILES string of the molecule is CN1CCC2Nc3cccc4c3cc(n4CC(F)(F)F)C#CCNC(=O)c3cc(C(=O)O)n(c3)CCOCCOCCC2C1. The third kappa shape index (κ3) is 7.74. The molecule has 0 spiro atoms. The van der Waals surface area contributed by atoms with Gasteiger partial charge in [-0.25, -0.2) is 4.79 Å². The topological polar surface area (TPSA) is 110 Å². The van der Waals surface area contributed by atoms with E-state index >= 15 is 0 Å². The first-order valence-electron chi connectivity index (χ1n) is 14.6. The predicted octanol–water partition coefficient (Wildman–Crippen LogP) is 3.65. The predicted molar refractivity (Wildman–Crippen MR) is 158 cm³/mol. The maximum absolute atomic E-state index is 13.7. The third-order valence-electron chi connectivity index (χ3n) is 7.97. The van der Waals surface area contributed by atoms with Gasteiger partial charge in [0.25, 0.3) is 5.91 Å². The fourth-order valence-electron chi connectivity index (χ4n) is 5.84. The zero-order valence-corrected chi connectivity index (χ0v) is 24.5. The molecule has 2 aliphatic heterocycles. The Balaban J connectivity index is 1.46. The van der Waals surface area contributed by atoms with Crippen LogP contribution in [-0.4, -0.2) is 96.3 Å². The number of nitrogens with one attached hydrogen (secondary N) is 2. The molecule has 3 N–H and O–H groups in total. The van der Waals surface area contributed by atoms with Crippen LogP contribution in [0.15, 0.2) is 36.5 Å². The second-order valence-corrected chi connectivity index (χ2v) is 11.1. The monoisotopic (exact) mass is 615 g/mol. The number of benzene rings is 1. The number of piperidine rings is 1. The summed E-state index contributed by atoms with van der Waals surface area (Å²) in [5, 5.41) is 16.5. The molecule has 236 valence electrons. The molecule has 0 saturated carbocycles. The number of hydrogen-bond donors (Lipinski definition) is 3. The van der Waals surface area contributed by atoms with Crippen LogP contribution in [0.25, 0.3) is 10.9 Å². The number of halogens is 3. The number of rotatable bonds is 2. The minimum atomic E-state index is -4.47. The van der Waals surface area contributed by atoms with E-state index in [1.165, 1.54) is 16.8 Å². The molecule has 2 unspecified atom stereocenters. The van der Waals surface area contributed by atoms with Gasteiger partial charge in [-0.2, -0.15) is 13.2 Å². The number of aromatic carboxylic acids is 1. The average molecular weight is 616 g/mol. The molecule has 10 nitrogen and oxygen atoms in total. The number of fused-ring (bicyclic) bond motifs is 4. The van der Waals surface area contributed by atoms with Crippen LogP contribution in [-0.2, 0) is 22.6 Å². The van der Waals surface area contributed by atoms with E-state index in [0.717, 1.165) is 36.2 Å². The van der Waals surface area contributed by atoms with E-state index in [2.05, 4.69) is 34.4 Å². The number of alkyl halides is 3. The van der Waals surface area contributed by atoms with Gasteiger partial charge in [0.1, 0.15) is 12.2 Å². The van der Waals surface area contributed by atoms with Crippen molar-refractivity contribution < 1.29 is 37.3 Å². The van der Waals surface area contributed by atoms with Gasteiger partial charge in [-0.05, 0) is 62.5 Å². The van der Waals surface area contributed by atoms with Crippen LogP contribution >= 0.6 is 0 Å². The molecular weight excluding hydrogens is 579 g/mol. The van der Waals surface area contributed by atoms with Gasteiger partial charge in [-0.3, -0.25) is 4.79 Å². The summed E-state index contributed by atoms with van der Waals surface area (Å²) in [6, 6.07) is 8.28. The van der Waals surface area contributed by atoms with Crippen molar-refractivity contribution in [2.45, 2.75) is 38.1 Å². The lowest BCUT2D eigenvalue weighted by Crippen LogP contribution is -2.45. The molecule has 1 aromatic carbocycles. The molecule has 3 aromatic rings. The number of ether oxygens (including phenoxy) is 2. The Labute approximate surface area is 253 Å². The largest absolute Gasteiger partial charge is 0.477 e. The highest BCUT2D eigenvalue weighted by Crippen LogP contribution is 2.32. The lowest BCUT2D eigenvalue weighted by Gasteiger charge is -2.38. The van der Waals surface area contributed by atoms with Crippen molar-refractivity contribution in [3.05, 3.63) is 53.5 Å². The fourth-order valence-corrected chi connectivity index (χ4v) is 5.84. The van der Waals surface area contributed by atoms with Crippen molar-refractivity contribution in [1.29, 1.82) is 0 Å². The summed E-state index contributed by atoms with van der Waals surface area (Å²) in [4.78, 5) is 26.8. The lowest BCUT2D eigenvalue weighted by atomic mass is 9.89. The summed E-state index contributed by atoms with van der Waals surface area (Å²) < 4.78 is 55.0. The standard InChI is InChI=1S/C31H36F3N5O5/c1-37-10-7-25-21(18-37)8-12-43-14-15-44-13-11-38-19-22(16-28(38)30(41)42)29(40)35-9-3-4-23-17-24-26(36-25)5-2-6-27(24)39(23)20-31(32,33)34/h2,5-6,16-17,19,21,25,36H,7-15,18,20H2,1H3,(H,35,40)(H,41,42). The van der Waals surface area contributed by atoms with Crippen molar-refractivity contribution in [1.82, 2.24) is 19.4 Å². The Hall–Kier alpha value is -3.99. The molecule has 1 saturated heterocycles. The van der Waals surface area contributed by atoms with Crippen molar-refractivity contribution in [3.63, 3.8) is 0 Å². The van der Waals surface area contributed by atoms with Crippen LogP contribution in [0.4, 0.5) is 18.9 Å². The van der Waals surface area contributed by atoms with E-state index in [-0.39, 0.29) is 48.6 Å². The Morgan fingerprint density at radius 2 is 1.91 bits per heavy atom. The van der Waals surface area contributed by atoms with E-state index in [0.29, 0.717) is 30.7 Å². The molecule has 0 radical (unpaired) electrons. The van der Waals surface area contributed by atoms with Crippen molar-refractivity contribution >= 4 is 28.5 Å². The van der Waals surface area contributed by atoms with Gasteiger partial charge < -0.3 is 39.2 Å². The molecule has 1 amide bonds. The van der Waals surface area contributed by atoms with E-state index in [1.807, 2.05) is 6.07 Å². The van der Waals surface area contributed by atoms with Crippen LogP contribution in [0, 0.1) is 17.8 Å². The number of anilines is 1. The van der Waals surface area contributed by atoms with E-state index in [1.54, 1.807) is 18.2 Å². The van der Waals surface area contributed by atoms with Gasteiger partial charge in [0, 0.05) is 43.0 Å². The molecule has 0 aliphatic carbocycles. The smallest absolute Gasteiger partial charge is 0.406 e. The molecule has 4 bridgehead atoms. The quantitative estimate of drug-likeness (QED) is 0.378. The van der Waals surface area contributed by atoms with Crippen molar-refractivity contribution in [2.75, 3.05) is 58.4 Å². The summed E-state index contributed by atoms with van der Waals surface area (Å²) in [6.07, 6.45) is -1.38. The van der Waals surface area contributed by atoms with Gasteiger partial charge in [0.2, 0.25) is 0 Å². The highest BCUT2D eigenvalue weighted by molar-refractivity contribution is 5.97.